The molecular weight excluding hydrogens is 232 g/mol. The molecule has 2 saturated carbocycles. The van der Waals surface area contributed by atoms with Gasteiger partial charge in [0, 0.05) is 12.0 Å². The molecule has 0 heterocycles. The average molecular weight is 254 g/mol. The average Bonchev–Trinajstić information content (AvgIpc) is 2.62. The van der Waals surface area contributed by atoms with E-state index in [2.05, 4.69) is 5.32 Å². The molecule has 4 N–H and O–H groups in total. The van der Waals surface area contributed by atoms with Gasteiger partial charge in [-0.2, -0.15) is 0 Å². The summed E-state index contributed by atoms with van der Waals surface area (Å²) >= 11 is 0. The predicted octanol–water partition coefficient (Wildman–Crippen LogP) is 1.16. The second-order valence-electron chi connectivity index (χ2n) is 6.00. The van der Waals surface area contributed by atoms with Crippen LogP contribution in [-0.4, -0.2) is 28.1 Å². The number of nitrogens with two attached hydrogens (primary N) is 1. The van der Waals surface area contributed by atoms with Crippen LogP contribution in [0.1, 0.15) is 57.8 Å². The van der Waals surface area contributed by atoms with Gasteiger partial charge in [-0.25, -0.2) is 0 Å². The Hall–Kier alpha value is -1.10. The van der Waals surface area contributed by atoms with Gasteiger partial charge in [-0.15, -0.1) is 0 Å². The van der Waals surface area contributed by atoms with Crippen molar-refractivity contribution in [1.82, 2.24) is 5.32 Å². The number of hydrogen-bond donors (Lipinski definition) is 3. The molecule has 0 bridgehead atoms. The number of amides is 1. The Morgan fingerprint density at radius 1 is 1.06 bits per heavy atom. The first-order chi connectivity index (χ1) is 8.43. The van der Waals surface area contributed by atoms with Crippen LogP contribution in [0.5, 0.6) is 0 Å². The SMILES string of the molecule is NC1(CC(=O)NC2(CC(=O)O)CCCC2)CCC1. The largest absolute Gasteiger partial charge is 0.481 e. The Bertz CT molecular complexity index is 344. The summed E-state index contributed by atoms with van der Waals surface area (Å²) in [6.07, 6.45) is 6.74. The van der Waals surface area contributed by atoms with Gasteiger partial charge < -0.3 is 16.2 Å². The van der Waals surface area contributed by atoms with Gasteiger partial charge >= 0.3 is 5.97 Å². The summed E-state index contributed by atoms with van der Waals surface area (Å²) < 4.78 is 0. The lowest BCUT2D eigenvalue weighted by molar-refractivity contribution is -0.139. The fourth-order valence-electron chi connectivity index (χ4n) is 3.15. The summed E-state index contributed by atoms with van der Waals surface area (Å²) in [5, 5.41) is 11.9. The second kappa shape index (κ2) is 4.88. The van der Waals surface area contributed by atoms with Crippen LogP contribution in [0.15, 0.2) is 0 Å². The maximum Gasteiger partial charge on any atom is 0.305 e. The first kappa shape index (κ1) is 13.3. The number of carbonyl (C=O) groups is 2. The van der Waals surface area contributed by atoms with Gasteiger partial charge in [0.05, 0.1) is 12.0 Å². The minimum Gasteiger partial charge on any atom is -0.481 e. The number of nitrogens with one attached hydrogen (secondary N) is 1. The summed E-state index contributed by atoms with van der Waals surface area (Å²) in [7, 11) is 0. The van der Waals surface area contributed by atoms with E-state index in [1.165, 1.54) is 0 Å². The summed E-state index contributed by atoms with van der Waals surface area (Å²) in [5.41, 5.74) is 5.18. The van der Waals surface area contributed by atoms with Gasteiger partial charge in [0.25, 0.3) is 0 Å². The molecule has 2 fully saturated rings. The lowest BCUT2D eigenvalue weighted by Gasteiger charge is -2.39. The maximum atomic E-state index is 12.0. The smallest absolute Gasteiger partial charge is 0.305 e. The first-order valence-electron chi connectivity index (χ1n) is 6.75. The zero-order valence-corrected chi connectivity index (χ0v) is 10.7. The zero-order valence-electron chi connectivity index (χ0n) is 10.7. The molecule has 0 radical (unpaired) electrons. The highest BCUT2D eigenvalue weighted by Gasteiger charge is 2.40. The van der Waals surface area contributed by atoms with E-state index < -0.39 is 11.5 Å². The highest BCUT2D eigenvalue weighted by atomic mass is 16.4. The first-order valence-corrected chi connectivity index (χ1v) is 6.75. The molecule has 5 heteroatoms. The summed E-state index contributed by atoms with van der Waals surface area (Å²) in [6.45, 7) is 0. The molecule has 0 saturated heterocycles. The van der Waals surface area contributed by atoms with Gasteiger partial charge in [0.15, 0.2) is 0 Å². The molecule has 1 amide bonds. The molecule has 0 aromatic rings. The molecule has 2 aliphatic carbocycles. The van der Waals surface area contributed by atoms with Crippen LogP contribution >= 0.6 is 0 Å². The Morgan fingerprint density at radius 2 is 1.67 bits per heavy atom. The third kappa shape index (κ3) is 3.02. The van der Waals surface area contributed by atoms with Crippen LogP contribution in [0.3, 0.4) is 0 Å². The van der Waals surface area contributed by atoms with Crippen molar-refractivity contribution in [2.75, 3.05) is 0 Å². The standard InChI is InChI=1S/C13H22N2O3/c14-12(4-3-5-12)8-10(16)15-13(9-11(17)18)6-1-2-7-13/h1-9,14H2,(H,15,16)(H,17,18). The van der Waals surface area contributed by atoms with Crippen molar-refractivity contribution >= 4 is 11.9 Å². The van der Waals surface area contributed by atoms with Crippen molar-refractivity contribution in [3.8, 4) is 0 Å². The Balaban J connectivity index is 1.92. The molecular formula is C13H22N2O3. The Kier molecular flexibility index (Phi) is 3.61. The maximum absolute atomic E-state index is 12.0. The van der Waals surface area contributed by atoms with Crippen LogP contribution in [0.2, 0.25) is 0 Å². The monoisotopic (exact) mass is 254 g/mol. The number of carboxylic acid groups (broad SMARTS) is 1. The summed E-state index contributed by atoms with van der Waals surface area (Å²) in [5.74, 6) is -0.927. The van der Waals surface area contributed by atoms with Crippen molar-refractivity contribution in [2.45, 2.75) is 68.9 Å². The fourth-order valence-corrected chi connectivity index (χ4v) is 3.15. The van der Waals surface area contributed by atoms with Crippen molar-refractivity contribution in [3.05, 3.63) is 0 Å². The fraction of sp³-hybridized carbons (Fsp3) is 0.846. The summed E-state index contributed by atoms with van der Waals surface area (Å²) in [6, 6.07) is 0. The van der Waals surface area contributed by atoms with Gasteiger partial charge in [-0.1, -0.05) is 12.8 Å². The van der Waals surface area contributed by atoms with Crippen LogP contribution in [-0.2, 0) is 9.59 Å². The molecule has 0 unspecified atom stereocenters. The van der Waals surface area contributed by atoms with E-state index in [4.69, 9.17) is 10.8 Å². The second-order valence-corrected chi connectivity index (χ2v) is 6.00. The van der Waals surface area contributed by atoms with Crippen molar-refractivity contribution in [2.24, 2.45) is 5.73 Å². The van der Waals surface area contributed by atoms with E-state index in [0.717, 1.165) is 44.9 Å². The van der Waals surface area contributed by atoms with E-state index in [-0.39, 0.29) is 17.9 Å². The lowest BCUT2D eigenvalue weighted by Crippen LogP contribution is -2.54. The van der Waals surface area contributed by atoms with Crippen LogP contribution < -0.4 is 11.1 Å². The number of carboxylic acids is 1. The van der Waals surface area contributed by atoms with E-state index in [1.807, 2.05) is 0 Å². The third-order valence-electron chi connectivity index (χ3n) is 4.32. The molecule has 0 spiro atoms. The van der Waals surface area contributed by atoms with Crippen LogP contribution in [0.4, 0.5) is 0 Å². The van der Waals surface area contributed by atoms with E-state index in [9.17, 15) is 9.59 Å². The molecule has 102 valence electrons. The Morgan fingerprint density at radius 3 is 2.11 bits per heavy atom. The molecule has 2 rings (SSSR count). The van der Waals surface area contributed by atoms with E-state index in [1.54, 1.807) is 0 Å². The molecule has 2 aliphatic rings. The molecule has 5 nitrogen and oxygen atoms in total. The summed E-state index contributed by atoms with van der Waals surface area (Å²) in [4.78, 5) is 22.9. The zero-order chi connectivity index (χ0) is 13.2. The number of aliphatic carboxylic acids is 1. The molecule has 18 heavy (non-hydrogen) atoms. The predicted molar refractivity (Wildman–Crippen MR) is 67.0 cm³/mol. The topological polar surface area (TPSA) is 92.4 Å². The number of carbonyl (C=O) groups excluding carboxylic acids is 1. The molecule has 0 aromatic heterocycles. The minimum absolute atomic E-state index is 0.0241. The van der Waals surface area contributed by atoms with Crippen molar-refractivity contribution in [3.63, 3.8) is 0 Å². The van der Waals surface area contributed by atoms with E-state index >= 15 is 0 Å². The quantitative estimate of drug-likeness (QED) is 0.686. The highest BCUT2D eigenvalue weighted by Crippen LogP contribution is 2.35. The lowest BCUT2D eigenvalue weighted by atomic mass is 9.75. The van der Waals surface area contributed by atoms with Crippen molar-refractivity contribution in [1.29, 1.82) is 0 Å². The van der Waals surface area contributed by atoms with Gasteiger partial charge in [0.2, 0.25) is 5.91 Å². The molecule has 0 aromatic carbocycles. The van der Waals surface area contributed by atoms with Gasteiger partial charge in [0.1, 0.15) is 0 Å². The Labute approximate surface area is 107 Å². The van der Waals surface area contributed by atoms with Crippen molar-refractivity contribution < 1.29 is 14.7 Å². The molecule has 0 atom stereocenters. The normalized spacial score (nSPS) is 24.3. The van der Waals surface area contributed by atoms with Crippen LogP contribution in [0, 0.1) is 0 Å². The number of rotatable bonds is 5. The minimum atomic E-state index is -0.844. The molecule has 0 aliphatic heterocycles. The highest BCUT2D eigenvalue weighted by molar-refractivity contribution is 5.79. The van der Waals surface area contributed by atoms with Gasteiger partial charge in [-0.3, -0.25) is 9.59 Å². The third-order valence-corrected chi connectivity index (χ3v) is 4.32. The van der Waals surface area contributed by atoms with Crippen LogP contribution in [0.25, 0.3) is 0 Å². The van der Waals surface area contributed by atoms with Gasteiger partial charge in [-0.05, 0) is 32.1 Å². The van der Waals surface area contributed by atoms with E-state index in [0.29, 0.717) is 6.42 Å². The number of hydrogen-bond acceptors (Lipinski definition) is 3.